The molecule has 0 aromatic carbocycles. The van der Waals surface area contributed by atoms with Crippen LogP contribution < -0.4 is 5.32 Å². The smallest absolute Gasteiger partial charge is 0.244 e. The van der Waals surface area contributed by atoms with Gasteiger partial charge in [0.05, 0.1) is 0 Å². The van der Waals surface area contributed by atoms with E-state index in [1.807, 2.05) is 13.8 Å². The molecule has 14 heavy (non-hydrogen) atoms. The Morgan fingerprint density at radius 2 is 1.93 bits per heavy atom. The topological polar surface area (TPSA) is 29.1 Å². The van der Waals surface area contributed by atoms with Crippen LogP contribution in [0.2, 0.25) is 0 Å². The van der Waals surface area contributed by atoms with Crippen LogP contribution >= 0.6 is 0 Å². The fourth-order valence-corrected chi connectivity index (χ4v) is 1.48. The summed E-state index contributed by atoms with van der Waals surface area (Å²) in [6.45, 7) is 10.2. The van der Waals surface area contributed by atoms with E-state index in [0.717, 1.165) is 24.8 Å². The first kappa shape index (κ1) is 13.2. The van der Waals surface area contributed by atoms with Crippen molar-refractivity contribution in [3.05, 3.63) is 11.6 Å². The Bertz CT molecular complexity index is 216. The SMILES string of the molecule is CCCC(C)(CC)NC(=O)C=C(C)C. The van der Waals surface area contributed by atoms with Crippen molar-refractivity contribution >= 4 is 5.91 Å². The van der Waals surface area contributed by atoms with E-state index in [-0.39, 0.29) is 11.4 Å². The molecule has 1 N–H and O–H groups in total. The van der Waals surface area contributed by atoms with Crippen molar-refractivity contribution in [1.29, 1.82) is 0 Å². The molecule has 0 rings (SSSR count). The molecule has 0 aliphatic carbocycles. The van der Waals surface area contributed by atoms with Gasteiger partial charge >= 0.3 is 0 Å². The van der Waals surface area contributed by atoms with Gasteiger partial charge in [-0.2, -0.15) is 0 Å². The third-order valence-electron chi connectivity index (χ3n) is 2.43. The molecular weight excluding hydrogens is 174 g/mol. The number of hydrogen-bond donors (Lipinski definition) is 1. The summed E-state index contributed by atoms with van der Waals surface area (Å²) in [6, 6.07) is 0. The van der Waals surface area contributed by atoms with Gasteiger partial charge in [-0.15, -0.1) is 0 Å². The molecule has 1 unspecified atom stereocenters. The van der Waals surface area contributed by atoms with Gasteiger partial charge in [-0.05, 0) is 33.6 Å². The Hall–Kier alpha value is -0.790. The van der Waals surface area contributed by atoms with Gasteiger partial charge in [-0.1, -0.05) is 25.8 Å². The molecule has 0 saturated carbocycles. The third-order valence-corrected chi connectivity index (χ3v) is 2.43. The number of hydrogen-bond acceptors (Lipinski definition) is 1. The maximum atomic E-state index is 11.5. The number of nitrogens with one attached hydrogen (secondary N) is 1. The van der Waals surface area contributed by atoms with Crippen LogP contribution in [-0.2, 0) is 4.79 Å². The molecule has 0 spiro atoms. The van der Waals surface area contributed by atoms with E-state index in [2.05, 4.69) is 26.1 Å². The van der Waals surface area contributed by atoms with E-state index < -0.39 is 0 Å². The Labute approximate surface area is 87.8 Å². The van der Waals surface area contributed by atoms with Crippen molar-refractivity contribution in [2.24, 2.45) is 0 Å². The van der Waals surface area contributed by atoms with E-state index in [4.69, 9.17) is 0 Å². The number of carbonyl (C=O) groups is 1. The van der Waals surface area contributed by atoms with Crippen LogP contribution in [0.25, 0.3) is 0 Å². The number of carbonyl (C=O) groups excluding carboxylic acids is 1. The zero-order valence-electron chi connectivity index (χ0n) is 10.1. The molecule has 0 aliphatic rings. The van der Waals surface area contributed by atoms with E-state index in [1.165, 1.54) is 0 Å². The molecule has 0 fully saturated rings. The highest BCUT2D eigenvalue weighted by Gasteiger charge is 2.21. The average molecular weight is 197 g/mol. The Morgan fingerprint density at radius 1 is 1.36 bits per heavy atom. The van der Waals surface area contributed by atoms with Gasteiger partial charge in [-0.3, -0.25) is 4.79 Å². The second-order valence-electron chi connectivity index (χ2n) is 4.38. The summed E-state index contributed by atoms with van der Waals surface area (Å²) >= 11 is 0. The van der Waals surface area contributed by atoms with Crippen molar-refractivity contribution in [2.75, 3.05) is 0 Å². The summed E-state index contributed by atoms with van der Waals surface area (Å²) in [6.07, 6.45) is 4.76. The monoisotopic (exact) mass is 197 g/mol. The van der Waals surface area contributed by atoms with Crippen LogP contribution in [0.4, 0.5) is 0 Å². The summed E-state index contributed by atoms with van der Waals surface area (Å²) in [7, 11) is 0. The molecule has 1 amide bonds. The zero-order chi connectivity index (χ0) is 11.2. The summed E-state index contributed by atoms with van der Waals surface area (Å²) in [5.41, 5.74) is 0.995. The second kappa shape index (κ2) is 5.84. The van der Waals surface area contributed by atoms with Crippen LogP contribution in [0.3, 0.4) is 0 Å². The average Bonchev–Trinajstić information content (AvgIpc) is 2.02. The summed E-state index contributed by atoms with van der Waals surface area (Å²) in [4.78, 5) is 11.5. The van der Waals surface area contributed by atoms with E-state index in [1.54, 1.807) is 6.08 Å². The molecule has 2 nitrogen and oxygen atoms in total. The predicted molar refractivity (Wildman–Crippen MR) is 61.2 cm³/mol. The molecule has 1 atom stereocenters. The zero-order valence-corrected chi connectivity index (χ0v) is 10.1. The van der Waals surface area contributed by atoms with Crippen LogP contribution in [-0.4, -0.2) is 11.4 Å². The highest BCUT2D eigenvalue weighted by molar-refractivity contribution is 5.88. The van der Waals surface area contributed by atoms with Crippen LogP contribution in [0.5, 0.6) is 0 Å². The van der Waals surface area contributed by atoms with Gasteiger partial charge in [0.25, 0.3) is 0 Å². The van der Waals surface area contributed by atoms with E-state index >= 15 is 0 Å². The second-order valence-corrected chi connectivity index (χ2v) is 4.38. The largest absolute Gasteiger partial charge is 0.347 e. The summed E-state index contributed by atoms with van der Waals surface area (Å²) in [5.74, 6) is 0.0304. The van der Waals surface area contributed by atoms with Gasteiger partial charge < -0.3 is 5.32 Å². The molecule has 82 valence electrons. The van der Waals surface area contributed by atoms with Crippen LogP contribution in [0, 0.1) is 0 Å². The molecule has 0 aromatic rings. The maximum Gasteiger partial charge on any atom is 0.244 e. The Kier molecular flexibility index (Phi) is 5.51. The fraction of sp³-hybridized carbons (Fsp3) is 0.750. The standard InChI is InChI=1S/C12H23NO/c1-6-8-12(5,7-2)13-11(14)9-10(3)4/h9H,6-8H2,1-5H3,(H,13,14). The number of rotatable bonds is 5. The van der Waals surface area contributed by atoms with Gasteiger partial charge in [0, 0.05) is 11.6 Å². The van der Waals surface area contributed by atoms with Crippen LogP contribution in [0.1, 0.15) is 53.9 Å². The summed E-state index contributed by atoms with van der Waals surface area (Å²) in [5, 5.41) is 3.06. The minimum absolute atomic E-state index is 0.0304. The predicted octanol–water partition coefficient (Wildman–Crippen LogP) is 3.04. The first-order chi connectivity index (χ1) is 6.43. The van der Waals surface area contributed by atoms with Crippen molar-refractivity contribution in [3.8, 4) is 0 Å². The van der Waals surface area contributed by atoms with Crippen molar-refractivity contribution in [1.82, 2.24) is 5.32 Å². The third kappa shape index (κ3) is 5.05. The fourth-order valence-electron chi connectivity index (χ4n) is 1.48. The normalized spacial score (nSPS) is 14.4. The molecule has 0 bridgehead atoms. The highest BCUT2D eigenvalue weighted by atomic mass is 16.1. The molecule has 0 aliphatic heterocycles. The number of amides is 1. The van der Waals surface area contributed by atoms with Crippen molar-refractivity contribution < 1.29 is 4.79 Å². The number of allylic oxidation sites excluding steroid dienone is 1. The minimum atomic E-state index is -0.0439. The molecule has 0 radical (unpaired) electrons. The Morgan fingerprint density at radius 3 is 2.29 bits per heavy atom. The van der Waals surface area contributed by atoms with Crippen molar-refractivity contribution in [3.63, 3.8) is 0 Å². The lowest BCUT2D eigenvalue weighted by Gasteiger charge is -2.28. The lowest BCUT2D eigenvalue weighted by molar-refractivity contribution is -0.118. The van der Waals surface area contributed by atoms with Gasteiger partial charge in [0.1, 0.15) is 0 Å². The van der Waals surface area contributed by atoms with E-state index in [0.29, 0.717) is 0 Å². The van der Waals surface area contributed by atoms with Crippen LogP contribution in [0.15, 0.2) is 11.6 Å². The lowest BCUT2D eigenvalue weighted by Crippen LogP contribution is -2.44. The first-order valence-corrected chi connectivity index (χ1v) is 5.40. The molecule has 0 saturated heterocycles. The lowest BCUT2D eigenvalue weighted by atomic mass is 9.93. The quantitative estimate of drug-likeness (QED) is 0.674. The summed E-state index contributed by atoms with van der Waals surface area (Å²) < 4.78 is 0. The molecule has 2 heteroatoms. The maximum absolute atomic E-state index is 11.5. The van der Waals surface area contributed by atoms with Gasteiger partial charge in [0.15, 0.2) is 0 Å². The van der Waals surface area contributed by atoms with Crippen molar-refractivity contribution in [2.45, 2.75) is 59.4 Å². The minimum Gasteiger partial charge on any atom is -0.347 e. The Balaban J connectivity index is 4.31. The molecule has 0 aromatic heterocycles. The molecule has 0 heterocycles. The molecular formula is C12H23NO. The van der Waals surface area contributed by atoms with Gasteiger partial charge in [0.2, 0.25) is 5.91 Å². The van der Waals surface area contributed by atoms with E-state index in [9.17, 15) is 4.79 Å². The first-order valence-electron chi connectivity index (χ1n) is 5.40. The van der Waals surface area contributed by atoms with Gasteiger partial charge in [-0.25, -0.2) is 0 Å². The highest BCUT2D eigenvalue weighted by Crippen LogP contribution is 2.16.